The average molecular weight is 303 g/mol. The van der Waals surface area contributed by atoms with Crippen molar-refractivity contribution >= 4 is 36.9 Å². The van der Waals surface area contributed by atoms with Crippen molar-refractivity contribution in [2.24, 2.45) is 0 Å². The van der Waals surface area contributed by atoms with Crippen LogP contribution in [0, 0.1) is 0 Å². The SMILES string of the molecule is Nc1ccc(S(=O)(=O)Cc2csc3ccccc23)cc1. The van der Waals surface area contributed by atoms with Crippen LogP contribution < -0.4 is 5.73 Å². The van der Waals surface area contributed by atoms with Gasteiger partial charge in [-0.2, -0.15) is 0 Å². The third-order valence-electron chi connectivity index (χ3n) is 3.15. The van der Waals surface area contributed by atoms with Crippen molar-refractivity contribution in [2.45, 2.75) is 10.6 Å². The van der Waals surface area contributed by atoms with Crippen molar-refractivity contribution in [3.63, 3.8) is 0 Å². The van der Waals surface area contributed by atoms with Crippen LogP contribution in [-0.4, -0.2) is 8.42 Å². The highest BCUT2D eigenvalue weighted by atomic mass is 32.2. The molecule has 0 saturated heterocycles. The molecule has 3 aromatic rings. The van der Waals surface area contributed by atoms with E-state index in [1.807, 2.05) is 29.6 Å². The lowest BCUT2D eigenvalue weighted by Gasteiger charge is -2.04. The summed E-state index contributed by atoms with van der Waals surface area (Å²) in [6, 6.07) is 14.2. The quantitative estimate of drug-likeness (QED) is 0.754. The van der Waals surface area contributed by atoms with Crippen molar-refractivity contribution < 1.29 is 8.42 Å². The summed E-state index contributed by atoms with van der Waals surface area (Å²) in [6.45, 7) is 0. The summed E-state index contributed by atoms with van der Waals surface area (Å²) in [6.07, 6.45) is 0. The van der Waals surface area contributed by atoms with E-state index in [2.05, 4.69) is 0 Å². The van der Waals surface area contributed by atoms with Gasteiger partial charge in [-0.1, -0.05) is 18.2 Å². The molecule has 102 valence electrons. The molecule has 0 saturated carbocycles. The largest absolute Gasteiger partial charge is 0.399 e. The van der Waals surface area contributed by atoms with E-state index in [1.165, 1.54) is 0 Å². The Balaban J connectivity index is 1.99. The van der Waals surface area contributed by atoms with Crippen molar-refractivity contribution in [2.75, 3.05) is 5.73 Å². The fraction of sp³-hybridized carbons (Fsp3) is 0.0667. The molecule has 2 aromatic carbocycles. The summed E-state index contributed by atoms with van der Waals surface area (Å²) in [4.78, 5) is 0.307. The van der Waals surface area contributed by atoms with Crippen LogP contribution in [0.1, 0.15) is 5.56 Å². The molecule has 2 N–H and O–H groups in total. The highest BCUT2D eigenvalue weighted by molar-refractivity contribution is 7.90. The topological polar surface area (TPSA) is 60.2 Å². The molecule has 0 spiro atoms. The maximum Gasteiger partial charge on any atom is 0.182 e. The van der Waals surface area contributed by atoms with Gasteiger partial charge in [-0.25, -0.2) is 8.42 Å². The van der Waals surface area contributed by atoms with Crippen LogP contribution in [0.25, 0.3) is 10.1 Å². The Morgan fingerprint density at radius 1 is 1.00 bits per heavy atom. The zero-order valence-corrected chi connectivity index (χ0v) is 12.2. The number of fused-ring (bicyclic) bond motifs is 1. The van der Waals surface area contributed by atoms with Crippen molar-refractivity contribution in [1.82, 2.24) is 0 Å². The van der Waals surface area contributed by atoms with E-state index in [0.717, 1.165) is 15.6 Å². The molecule has 3 nitrogen and oxygen atoms in total. The molecular formula is C15H13NO2S2. The summed E-state index contributed by atoms with van der Waals surface area (Å²) >= 11 is 1.57. The number of hydrogen-bond acceptors (Lipinski definition) is 4. The minimum atomic E-state index is -3.34. The smallest absolute Gasteiger partial charge is 0.182 e. The number of nitrogens with two attached hydrogens (primary N) is 1. The highest BCUT2D eigenvalue weighted by Crippen LogP contribution is 2.28. The lowest BCUT2D eigenvalue weighted by atomic mass is 10.2. The molecule has 0 amide bonds. The van der Waals surface area contributed by atoms with Gasteiger partial charge in [-0.05, 0) is 46.7 Å². The minimum absolute atomic E-state index is 0.0148. The summed E-state index contributed by atoms with van der Waals surface area (Å²) in [5.41, 5.74) is 7.00. The van der Waals surface area contributed by atoms with Crippen LogP contribution >= 0.6 is 11.3 Å². The predicted molar refractivity (Wildman–Crippen MR) is 83.6 cm³/mol. The first-order valence-electron chi connectivity index (χ1n) is 6.10. The number of nitrogen functional groups attached to an aromatic ring is 1. The first kappa shape index (κ1) is 13.1. The van der Waals surface area contributed by atoms with Gasteiger partial charge < -0.3 is 5.73 Å². The molecule has 1 aromatic heterocycles. The molecule has 0 atom stereocenters. The van der Waals surface area contributed by atoms with Gasteiger partial charge in [0.05, 0.1) is 10.6 Å². The van der Waals surface area contributed by atoms with Crippen molar-refractivity contribution in [1.29, 1.82) is 0 Å². The average Bonchev–Trinajstić information content (AvgIpc) is 2.82. The lowest BCUT2D eigenvalue weighted by molar-refractivity contribution is 0.595. The lowest BCUT2D eigenvalue weighted by Crippen LogP contribution is -2.04. The minimum Gasteiger partial charge on any atom is -0.399 e. The zero-order chi connectivity index (χ0) is 14.2. The number of rotatable bonds is 3. The number of sulfone groups is 1. The fourth-order valence-electron chi connectivity index (χ4n) is 2.11. The molecule has 0 fully saturated rings. The molecule has 0 aliphatic heterocycles. The molecular weight excluding hydrogens is 290 g/mol. The molecule has 0 unspecified atom stereocenters. The van der Waals surface area contributed by atoms with Crippen LogP contribution in [0.3, 0.4) is 0 Å². The van der Waals surface area contributed by atoms with E-state index in [0.29, 0.717) is 10.6 Å². The molecule has 1 heterocycles. The Labute approximate surface area is 121 Å². The molecule has 0 aliphatic rings. The van der Waals surface area contributed by atoms with Gasteiger partial charge in [0.15, 0.2) is 9.84 Å². The molecule has 5 heteroatoms. The maximum atomic E-state index is 12.4. The zero-order valence-electron chi connectivity index (χ0n) is 10.6. The van der Waals surface area contributed by atoms with Crippen molar-refractivity contribution in [3.8, 4) is 0 Å². The number of thiophene rings is 1. The molecule has 0 aliphatic carbocycles. The van der Waals surface area contributed by atoms with E-state index in [1.54, 1.807) is 35.6 Å². The van der Waals surface area contributed by atoms with E-state index in [-0.39, 0.29) is 5.75 Å². The van der Waals surface area contributed by atoms with E-state index in [4.69, 9.17) is 5.73 Å². The van der Waals surface area contributed by atoms with Gasteiger partial charge >= 0.3 is 0 Å². The highest BCUT2D eigenvalue weighted by Gasteiger charge is 2.17. The van der Waals surface area contributed by atoms with Gasteiger partial charge in [-0.15, -0.1) is 11.3 Å². The van der Waals surface area contributed by atoms with Gasteiger partial charge in [-0.3, -0.25) is 0 Å². The van der Waals surface area contributed by atoms with E-state index in [9.17, 15) is 8.42 Å². The number of hydrogen-bond donors (Lipinski definition) is 1. The van der Waals surface area contributed by atoms with Crippen LogP contribution in [0.5, 0.6) is 0 Å². The molecule has 3 rings (SSSR count). The van der Waals surface area contributed by atoms with Crippen molar-refractivity contribution in [3.05, 3.63) is 59.5 Å². The summed E-state index contributed by atoms with van der Waals surface area (Å²) in [5.74, 6) is 0.0148. The van der Waals surface area contributed by atoms with Crippen LogP contribution in [0.15, 0.2) is 58.8 Å². The fourth-order valence-corrected chi connectivity index (χ4v) is 4.54. The standard InChI is InChI=1S/C15H13NO2S2/c16-12-5-7-13(8-6-12)20(17,18)10-11-9-19-15-4-2-1-3-14(11)15/h1-9H,10,16H2. The van der Waals surface area contributed by atoms with Crippen LogP contribution in [0.2, 0.25) is 0 Å². The second kappa shape index (κ2) is 4.92. The third-order valence-corrected chi connectivity index (χ3v) is 5.84. The van der Waals surface area contributed by atoms with Gasteiger partial charge in [0.2, 0.25) is 0 Å². The van der Waals surface area contributed by atoms with Gasteiger partial charge in [0, 0.05) is 10.4 Å². The van der Waals surface area contributed by atoms with E-state index < -0.39 is 9.84 Å². The van der Waals surface area contributed by atoms with E-state index >= 15 is 0 Å². The van der Waals surface area contributed by atoms with Gasteiger partial charge in [0.1, 0.15) is 0 Å². The number of anilines is 1. The Morgan fingerprint density at radius 3 is 2.45 bits per heavy atom. The molecule has 0 bridgehead atoms. The summed E-state index contributed by atoms with van der Waals surface area (Å²) in [5, 5.41) is 2.93. The Kier molecular flexibility index (Phi) is 3.23. The second-order valence-corrected chi connectivity index (χ2v) is 7.49. The third kappa shape index (κ3) is 2.42. The van der Waals surface area contributed by atoms with Crippen LogP contribution in [0.4, 0.5) is 5.69 Å². The molecule has 0 radical (unpaired) electrons. The first-order valence-corrected chi connectivity index (χ1v) is 8.63. The Bertz CT molecular complexity index is 849. The monoisotopic (exact) mass is 303 g/mol. The normalized spacial score (nSPS) is 11.8. The van der Waals surface area contributed by atoms with Crippen LogP contribution in [-0.2, 0) is 15.6 Å². The second-order valence-electron chi connectivity index (χ2n) is 4.59. The Morgan fingerprint density at radius 2 is 1.70 bits per heavy atom. The maximum absolute atomic E-state index is 12.4. The molecule has 20 heavy (non-hydrogen) atoms. The summed E-state index contributed by atoms with van der Waals surface area (Å²) < 4.78 is 25.9. The summed E-state index contributed by atoms with van der Waals surface area (Å²) in [7, 11) is -3.34. The first-order chi connectivity index (χ1) is 9.56. The van der Waals surface area contributed by atoms with Gasteiger partial charge in [0.25, 0.3) is 0 Å². The number of benzene rings is 2. The predicted octanol–water partition coefficient (Wildman–Crippen LogP) is 3.46. The Hall–Kier alpha value is -1.85.